The first kappa shape index (κ1) is 15.4. The van der Waals surface area contributed by atoms with E-state index in [-0.39, 0.29) is 11.3 Å². The Morgan fingerprint density at radius 2 is 2.10 bits per heavy atom. The first-order valence-corrected chi connectivity index (χ1v) is 5.53. The molecule has 0 saturated heterocycles. The molecule has 4 N–H and O–H groups in total. The lowest BCUT2D eigenvalue weighted by atomic mass is 10.2. The zero-order valence-electron chi connectivity index (χ0n) is 10.4. The first-order chi connectivity index (χ1) is 9.36. The van der Waals surface area contributed by atoms with Gasteiger partial charge in [-0.05, 0) is 19.1 Å². The number of halogens is 1. The average molecular weight is 281 g/mol. The van der Waals surface area contributed by atoms with Crippen LogP contribution in [0.5, 0.6) is 0 Å². The van der Waals surface area contributed by atoms with E-state index in [0.29, 0.717) is 0 Å². The van der Waals surface area contributed by atoms with Gasteiger partial charge in [0.25, 0.3) is 0 Å². The molecule has 1 aromatic rings. The molecule has 0 aliphatic carbocycles. The van der Waals surface area contributed by atoms with Crippen LogP contribution >= 0.6 is 0 Å². The Morgan fingerprint density at radius 3 is 2.60 bits per heavy atom. The normalized spacial score (nSPS) is 12.9. The van der Waals surface area contributed by atoms with Crippen LogP contribution in [0.4, 0.5) is 14.9 Å². The standard InChI is InChI=1S/C12H12FN3O4/c1-6(17)10(11(18)19)16-12(20)15-9-4-2-3-8(13)7(9)5-14/h2-4,6,10,17H,1H3,(H,18,19)(H2,15,16,20). The lowest BCUT2D eigenvalue weighted by Crippen LogP contribution is -2.49. The number of aliphatic hydroxyl groups is 1. The van der Waals surface area contributed by atoms with Gasteiger partial charge in [0.05, 0.1) is 11.8 Å². The van der Waals surface area contributed by atoms with Crippen LogP contribution in [-0.2, 0) is 4.79 Å². The molecule has 1 rings (SSSR count). The molecule has 8 heteroatoms. The van der Waals surface area contributed by atoms with Crippen molar-refractivity contribution in [3.05, 3.63) is 29.6 Å². The van der Waals surface area contributed by atoms with E-state index in [1.807, 2.05) is 5.32 Å². The maximum absolute atomic E-state index is 13.3. The Hall–Kier alpha value is -2.66. The molecular weight excluding hydrogens is 269 g/mol. The summed E-state index contributed by atoms with van der Waals surface area (Å²) in [5.74, 6) is -2.23. The minimum absolute atomic E-state index is 0.0975. The molecule has 0 radical (unpaired) electrons. The van der Waals surface area contributed by atoms with Gasteiger partial charge in [-0.1, -0.05) is 6.07 Å². The van der Waals surface area contributed by atoms with Gasteiger partial charge in [-0.15, -0.1) is 0 Å². The molecule has 1 aromatic carbocycles. The number of carboxylic acid groups (broad SMARTS) is 1. The molecule has 0 aromatic heterocycles. The van der Waals surface area contributed by atoms with Crippen LogP contribution in [0.15, 0.2) is 18.2 Å². The fraction of sp³-hybridized carbons (Fsp3) is 0.250. The third kappa shape index (κ3) is 3.66. The summed E-state index contributed by atoms with van der Waals surface area (Å²) in [6, 6.07) is 2.72. The van der Waals surface area contributed by atoms with E-state index in [2.05, 4.69) is 5.32 Å². The maximum Gasteiger partial charge on any atom is 0.328 e. The maximum atomic E-state index is 13.3. The number of anilines is 1. The second-order valence-electron chi connectivity index (χ2n) is 3.93. The summed E-state index contributed by atoms with van der Waals surface area (Å²) in [4.78, 5) is 22.4. The summed E-state index contributed by atoms with van der Waals surface area (Å²) < 4.78 is 13.3. The van der Waals surface area contributed by atoms with Crippen molar-refractivity contribution in [2.75, 3.05) is 5.32 Å². The van der Waals surface area contributed by atoms with Crippen molar-refractivity contribution in [2.24, 2.45) is 0 Å². The van der Waals surface area contributed by atoms with Gasteiger partial charge in [0.2, 0.25) is 0 Å². The van der Waals surface area contributed by atoms with Gasteiger partial charge in [0.15, 0.2) is 6.04 Å². The zero-order chi connectivity index (χ0) is 15.3. The largest absolute Gasteiger partial charge is 0.480 e. The number of rotatable bonds is 4. The highest BCUT2D eigenvalue weighted by Gasteiger charge is 2.25. The van der Waals surface area contributed by atoms with Crippen LogP contribution in [-0.4, -0.2) is 34.4 Å². The summed E-state index contributed by atoms with van der Waals surface area (Å²) in [6.07, 6.45) is -1.32. The molecule has 106 valence electrons. The summed E-state index contributed by atoms with van der Waals surface area (Å²) in [7, 11) is 0. The predicted octanol–water partition coefficient (Wildman–Crippen LogP) is 0.653. The quantitative estimate of drug-likeness (QED) is 0.645. The molecular formula is C12H12FN3O4. The number of carbonyl (C=O) groups is 2. The van der Waals surface area contributed by atoms with E-state index < -0.39 is 30.0 Å². The first-order valence-electron chi connectivity index (χ1n) is 5.53. The van der Waals surface area contributed by atoms with Crippen LogP contribution in [0.3, 0.4) is 0 Å². The van der Waals surface area contributed by atoms with Gasteiger partial charge in [0, 0.05) is 0 Å². The van der Waals surface area contributed by atoms with Crippen molar-refractivity contribution in [3.63, 3.8) is 0 Å². The number of carboxylic acids is 1. The van der Waals surface area contributed by atoms with Crippen molar-refractivity contribution in [3.8, 4) is 6.07 Å². The second-order valence-corrected chi connectivity index (χ2v) is 3.93. The summed E-state index contributed by atoms with van der Waals surface area (Å²) in [6.45, 7) is 1.20. The molecule has 0 aliphatic heterocycles. The Labute approximate surface area is 113 Å². The Bertz CT molecular complexity index is 568. The van der Waals surface area contributed by atoms with Crippen molar-refractivity contribution < 1.29 is 24.2 Å². The predicted molar refractivity (Wildman–Crippen MR) is 66.4 cm³/mol. The molecule has 2 amide bonds. The summed E-state index contributed by atoms with van der Waals surface area (Å²) in [5.41, 5.74) is -0.466. The van der Waals surface area contributed by atoms with Crippen LogP contribution in [0.25, 0.3) is 0 Å². The van der Waals surface area contributed by atoms with Gasteiger partial charge in [-0.25, -0.2) is 14.0 Å². The number of urea groups is 1. The third-order valence-corrected chi connectivity index (χ3v) is 2.41. The second kappa shape index (κ2) is 6.49. The van der Waals surface area contributed by atoms with Crippen LogP contribution in [0.1, 0.15) is 12.5 Å². The monoisotopic (exact) mass is 281 g/mol. The van der Waals surface area contributed by atoms with Crippen molar-refractivity contribution >= 4 is 17.7 Å². The van der Waals surface area contributed by atoms with E-state index in [1.165, 1.54) is 19.1 Å². The molecule has 7 nitrogen and oxygen atoms in total. The fourth-order valence-corrected chi connectivity index (χ4v) is 1.43. The summed E-state index contributed by atoms with van der Waals surface area (Å²) >= 11 is 0. The van der Waals surface area contributed by atoms with Crippen molar-refractivity contribution in [2.45, 2.75) is 19.1 Å². The SMILES string of the molecule is CC(O)C(NC(=O)Nc1cccc(F)c1C#N)C(=O)O. The molecule has 0 fully saturated rings. The highest BCUT2D eigenvalue weighted by Crippen LogP contribution is 2.17. The topological polar surface area (TPSA) is 122 Å². The zero-order valence-corrected chi connectivity index (χ0v) is 10.4. The molecule has 2 unspecified atom stereocenters. The van der Waals surface area contributed by atoms with Gasteiger partial charge < -0.3 is 20.8 Å². The number of aliphatic hydroxyl groups excluding tert-OH is 1. The highest BCUT2D eigenvalue weighted by atomic mass is 19.1. The average Bonchev–Trinajstić information content (AvgIpc) is 2.35. The van der Waals surface area contributed by atoms with Gasteiger partial charge >= 0.3 is 12.0 Å². The smallest absolute Gasteiger partial charge is 0.328 e. The molecule has 0 bridgehead atoms. The summed E-state index contributed by atoms with van der Waals surface area (Å²) in [5, 5.41) is 30.9. The Morgan fingerprint density at radius 1 is 1.45 bits per heavy atom. The Balaban J connectivity index is 2.85. The number of carbonyl (C=O) groups excluding carboxylic acids is 1. The van der Waals surface area contributed by atoms with E-state index in [4.69, 9.17) is 10.4 Å². The van der Waals surface area contributed by atoms with Gasteiger partial charge in [-0.3, -0.25) is 0 Å². The van der Waals surface area contributed by atoms with E-state index >= 15 is 0 Å². The van der Waals surface area contributed by atoms with E-state index in [9.17, 15) is 19.1 Å². The number of nitrogens with one attached hydrogen (secondary N) is 2. The lowest BCUT2D eigenvalue weighted by Gasteiger charge is -2.17. The number of hydrogen-bond donors (Lipinski definition) is 4. The number of benzene rings is 1. The third-order valence-electron chi connectivity index (χ3n) is 2.41. The number of aliphatic carboxylic acids is 1. The molecule has 0 saturated carbocycles. The van der Waals surface area contributed by atoms with E-state index in [1.54, 1.807) is 6.07 Å². The minimum atomic E-state index is -1.52. The van der Waals surface area contributed by atoms with Crippen LogP contribution < -0.4 is 10.6 Å². The molecule has 20 heavy (non-hydrogen) atoms. The molecule has 0 spiro atoms. The minimum Gasteiger partial charge on any atom is -0.480 e. The van der Waals surface area contributed by atoms with Crippen LogP contribution in [0, 0.1) is 17.1 Å². The highest BCUT2D eigenvalue weighted by molar-refractivity contribution is 5.93. The molecule has 2 atom stereocenters. The van der Waals surface area contributed by atoms with Crippen molar-refractivity contribution in [1.82, 2.24) is 5.32 Å². The van der Waals surface area contributed by atoms with Gasteiger partial charge in [-0.2, -0.15) is 5.26 Å². The lowest BCUT2D eigenvalue weighted by molar-refractivity contribution is -0.141. The fourth-order valence-electron chi connectivity index (χ4n) is 1.43. The van der Waals surface area contributed by atoms with E-state index in [0.717, 1.165) is 6.07 Å². The van der Waals surface area contributed by atoms with Gasteiger partial charge in [0.1, 0.15) is 17.4 Å². The molecule has 0 aliphatic rings. The number of nitrogens with zero attached hydrogens (tertiary/aromatic N) is 1. The Kier molecular flexibility index (Phi) is 5.00. The van der Waals surface area contributed by atoms with Crippen LogP contribution in [0.2, 0.25) is 0 Å². The molecule has 0 heterocycles. The van der Waals surface area contributed by atoms with Crippen molar-refractivity contribution in [1.29, 1.82) is 5.26 Å². The number of nitriles is 1. The number of hydrogen-bond acceptors (Lipinski definition) is 4. The number of amides is 2.